The number of piperazine rings is 1. The van der Waals surface area contributed by atoms with E-state index in [1.165, 1.54) is 23.5 Å². The number of hydrogen-bond donors (Lipinski definition) is 1. The van der Waals surface area contributed by atoms with E-state index in [9.17, 15) is 4.39 Å². The van der Waals surface area contributed by atoms with Crippen molar-refractivity contribution < 1.29 is 4.39 Å². The van der Waals surface area contributed by atoms with Crippen LogP contribution in [0.4, 0.5) is 4.39 Å². The molecule has 0 spiro atoms. The van der Waals surface area contributed by atoms with Gasteiger partial charge < -0.3 is 5.32 Å². The summed E-state index contributed by atoms with van der Waals surface area (Å²) < 4.78 is 14.4. The zero-order valence-corrected chi connectivity index (χ0v) is 13.6. The van der Waals surface area contributed by atoms with Crippen molar-refractivity contribution in [1.29, 1.82) is 0 Å². The van der Waals surface area contributed by atoms with E-state index in [0.29, 0.717) is 5.02 Å². The van der Waals surface area contributed by atoms with Gasteiger partial charge in [-0.1, -0.05) is 23.2 Å². The summed E-state index contributed by atoms with van der Waals surface area (Å²) in [5, 5.41) is 3.92. The molecule has 0 radical (unpaired) electrons. The Morgan fingerprint density at radius 1 is 1.14 bits per heavy atom. The number of nitrogens with one attached hydrogen (secondary N) is 1. The average molecular weight is 345 g/mol. The highest BCUT2D eigenvalue weighted by Crippen LogP contribution is 2.38. The number of thiophene rings is 1. The van der Waals surface area contributed by atoms with Gasteiger partial charge in [0.05, 0.1) is 10.4 Å². The first-order valence-electron chi connectivity index (χ1n) is 6.80. The molecular weight excluding hydrogens is 330 g/mol. The maximum absolute atomic E-state index is 13.7. The topological polar surface area (TPSA) is 15.3 Å². The summed E-state index contributed by atoms with van der Waals surface area (Å²) in [5.41, 5.74) is 0.803. The molecule has 1 atom stereocenters. The third kappa shape index (κ3) is 3.41. The zero-order valence-electron chi connectivity index (χ0n) is 11.3. The highest BCUT2D eigenvalue weighted by molar-refractivity contribution is 7.16. The lowest BCUT2D eigenvalue weighted by molar-refractivity contribution is 0.200. The fraction of sp³-hybridized carbons (Fsp3) is 0.333. The number of hydrogen-bond acceptors (Lipinski definition) is 3. The molecule has 21 heavy (non-hydrogen) atoms. The Bertz CT molecular complexity index is 626. The molecule has 1 aromatic heterocycles. The van der Waals surface area contributed by atoms with E-state index in [2.05, 4.69) is 10.2 Å². The van der Waals surface area contributed by atoms with Gasteiger partial charge >= 0.3 is 0 Å². The fourth-order valence-corrected chi connectivity index (χ4v) is 4.11. The predicted octanol–water partition coefficient (Wildman–Crippen LogP) is 4.19. The molecule has 2 nitrogen and oxygen atoms in total. The molecule has 1 aliphatic heterocycles. The average Bonchev–Trinajstić information content (AvgIpc) is 2.90. The molecule has 2 heterocycles. The molecule has 1 aliphatic rings. The van der Waals surface area contributed by atoms with E-state index in [4.69, 9.17) is 23.2 Å². The molecule has 1 fully saturated rings. The first-order chi connectivity index (χ1) is 10.1. The normalized spacial score (nSPS) is 17.9. The van der Waals surface area contributed by atoms with Crippen molar-refractivity contribution in [3.63, 3.8) is 0 Å². The molecule has 0 amide bonds. The quantitative estimate of drug-likeness (QED) is 0.897. The molecule has 1 aromatic carbocycles. The molecule has 3 rings (SSSR count). The van der Waals surface area contributed by atoms with Crippen LogP contribution in [-0.2, 0) is 0 Å². The molecule has 112 valence electrons. The van der Waals surface area contributed by atoms with Crippen molar-refractivity contribution in [2.75, 3.05) is 26.2 Å². The van der Waals surface area contributed by atoms with E-state index in [1.807, 2.05) is 12.1 Å². The van der Waals surface area contributed by atoms with Crippen LogP contribution in [0.15, 0.2) is 30.3 Å². The van der Waals surface area contributed by atoms with Crippen LogP contribution < -0.4 is 5.32 Å². The van der Waals surface area contributed by atoms with Crippen molar-refractivity contribution in [3.05, 3.63) is 55.9 Å². The van der Waals surface area contributed by atoms with Crippen molar-refractivity contribution in [2.45, 2.75) is 6.04 Å². The van der Waals surface area contributed by atoms with Gasteiger partial charge in [-0.3, -0.25) is 4.90 Å². The Kier molecular flexibility index (Phi) is 4.82. The molecule has 1 saturated heterocycles. The highest BCUT2D eigenvalue weighted by Gasteiger charge is 2.27. The summed E-state index contributed by atoms with van der Waals surface area (Å²) >= 11 is 13.9. The summed E-state index contributed by atoms with van der Waals surface area (Å²) in [6.45, 7) is 3.63. The van der Waals surface area contributed by atoms with E-state index in [1.54, 1.807) is 6.07 Å². The number of rotatable bonds is 3. The molecule has 1 N–H and O–H groups in total. The minimum Gasteiger partial charge on any atom is -0.314 e. The fourth-order valence-electron chi connectivity index (χ4n) is 2.67. The van der Waals surface area contributed by atoms with Crippen LogP contribution in [0, 0.1) is 5.82 Å². The van der Waals surface area contributed by atoms with Crippen molar-refractivity contribution in [1.82, 2.24) is 10.2 Å². The van der Waals surface area contributed by atoms with Gasteiger partial charge in [0.2, 0.25) is 0 Å². The summed E-state index contributed by atoms with van der Waals surface area (Å²) in [7, 11) is 0. The number of nitrogens with zero attached hydrogens (tertiary/aromatic N) is 1. The Labute approximate surface area is 137 Å². The van der Waals surface area contributed by atoms with Gasteiger partial charge in [-0.25, -0.2) is 4.39 Å². The van der Waals surface area contributed by atoms with Crippen LogP contribution in [0.3, 0.4) is 0 Å². The molecular formula is C15H15Cl2FN2S. The Hall–Kier alpha value is -0.650. The van der Waals surface area contributed by atoms with E-state index < -0.39 is 0 Å². The number of halogens is 3. The first-order valence-corrected chi connectivity index (χ1v) is 8.37. The molecule has 0 aliphatic carbocycles. The van der Waals surface area contributed by atoms with Gasteiger partial charge in [0.25, 0.3) is 0 Å². The van der Waals surface area contributed by atoms with Gasteiger partial charge in [0.15, 0.2) is 0 Å². The largest absolute Gasteiger partial charge is 0.314 e. The summed E-state index contributed by atoms with van der Waals surface area (Å²) in [5.74, 6) is -0.266. The van der Waals surface area contributed by atoms with Crippen molar-refractivity contribution in [3.8, 4) is 0 Å². The maximum Gasteiger partial charge on any atom is 0.123 e. The maximum atomic E-state index is 13.7. The zero-order chi connectivity index (χ0) is 14.8. The molecule has 2 aromatic rings. The minimum atomic E-state index is -0.266. The first kappa shape index (κ1) is 15.3. The minimum absolute atomic E-state index is 0.0483. The van der Waals surface area contributed by atoms with Gasteiger partial charge in [-0.2, -0.15) is 0 Å². The molecule has 0 saturated carbocycles. The monoisotopic (exact) mass is 344 g/mol. The van der Waals surface area contributed by atoms with Crippen molar-refractivity contribution in [2.24, 2.45) is 0 Å². The smallest absolute Gasteiger partial charge is 0.123 e. The summed E-state index contributed by atoms with van der Waals surface area (Å²) in [6, 6.07) is 8.37. The second-order valence-corrected chi connectivity index (χ2v) is 7.15. The van der Waals surface area contributed by atoms with Crippen LogP contribution in [-0.4, -0.2) is 31.1 Å². The SMILES string of the molecule is Fc1ccc(Cl)c([C@@H](c2ccc(Cl)s2)N2CCNCC2)c1. The van der Waals surface area contributed by atoms with Gasteiger partial charge in [0.1, 0.15) is 5.82 Å². The molecule has 0 bridgehead atoms. The Morgan fingerprint density at radius 3 is 2.57 bits per heavy atom. The third-order valence-electron chi connectivity index (χ3n) is 3.63. The van der Waals surface area contributed by atoms with E-state index >= 15 is 0 Å². The van der Waals surface area contributed by atoms with Crippen molar-refractivity contribution >= 4 is 34.5 Å². The number of benzene rings is 1. The van der Waals surface area contributed by atoms with E-state index in [0.717, 1.165) is 41.0 Å². The van der Waals surface area contributed by atoms with Gasteiger partial charge in [0, 0.05) is 36.1 Å². The van der Waals surface area contributed by atoms with Crippen LogP contribution in [0.2, 0.25) is 9.36 Å². The van der Waals surface area contributed by atoms with Crippen LogP contribution in [0.5, 0.6) is 0 Å². The van der Waals surface area contributed by atoms with Crippen LogP contribution in [0.1, 0.15) is 16.5 Å². The van der Waals surface area contributed by atoms with E-state index in [-0.39, 0.29) is 11.9 Å². The lowest BCUT2D eigenvalue weighted by Gasteiger charge is -2.35. The van der Waals surface area contributed by atoms with Crippen LogP contribution >= 0.6 is 34.5 Å². The van der Waals surface area contributed by atoms with Gasteiger partial charge in [-0.05, 0) is 35.9 Å². The Balaban J connectivity index is 2.04. The lowest BCUT2D eigenvalue weighted by Crippen LogP contribution is -2.45. The van der Waals surface area contributed by atoms with Crippen LogP contribution in [0.25, 0.3) is 0 Å². The highest BCUT2D eigenvalue weighted by atomic mass is 35.5. The standard InChI is InChI=1S/C15H15Cl2FN2S/c16-12-2-1-10(18)9-11(12)15(13-3-4-14(17)21-13)20-7-5-19-6-8-20/h1-4,9,15,19H,5-8H2/t15-/m0/s1. The molecule has 6 heteroatoms. The third-order valence-corrected chi connectivity index (χ3v) is 5.26. The van der Waals surface area contributed by atoms with Gasteiger partial charge in [-0.15, -0.1) is 11.3 Å². The predicted molar refractivity (Wildman–Crippen MR) is 87.0 cm³/mol. The Morgan fingerprint density at radius 2 is 1.90 bits per heavy atom. The summed E-state index contributed by atoms with van der Waals surface area (Å²) in [6.07, 6.45) is 0. The second-order valence-electron chi connectivity index (χ2n) is 5.00. The second kappa shape index (κ2) is 6.63. The lowest BCUT2D eigenvalue weighted by atomic mass is 10.0. The summed E-state index contributed by atoms with van der Waals surface area (Å²) in [4.78, 5) is 3.41. The molecule has 0 unspecified atom stereocenters.